The first-order valence-electron chi connectivity index (χ1n) is 7.55. The van der Waals surface area contributed by atoms with Gasteiger partial charge in [-0.2, -0.15) is 0 Å². The molecule has 0 saturated carbocycles. The molecule has 0 spiro atoms. The normalized spacial score (nSPS) is 11.0. The van der Waals surface area contributed by atoms with Gasteiger partial charge in [0, 0.05) is 9.79 Å². The Kier molecular flexibility index (Phi) is 5.26. The fourth-order valence-electron chi connectivity index (χ4n) is 2.25. The predicted molar refractivity (Wildman–Crippen MR) is 106 cm³/mol. The topological polar surface area (TPSA) is 51.6 Å². The van der Waals surface area contributed by atoms with Crippen molar-refractivity contribution in [3.63, 3.8) is 0 Å². The number of halogens is 2. The fourth-order valence-corrected chi connectivity index (χ4v) is 4.47. The molecular weight excluding hydrogens is 407 g/mol. The van der Waals surface area contributed by atoms with E-state index in [1.54, 1.807) is 0 Å². The third kappa shape index (κ3) is 3.94. The summed E-state index contributed by atoms with van der Waals surface area (Å²) in [5.74, 6) is 0. The molecule has 128 valence electrons. The fraction of sp³-hybridized carbons (Fsp3) is 0. The molecule has 0 aliphatic heterocycles. The van der Waals surface area contributed by atoms with Crippen LogP contribution < -0.4 is 0 Å². The largest absolute Gasteiger partial charge is 0.224 e. The van der Waals surface area contributed by atoms with E-state index >= 15 is 0 Å². The number of aromatic nitrogens is 4. The summed E-state index contributed by atoms with van der Waals surface area (Å²) >= 11 is 15.3. The molecule has 4 rings (SSSR count). The lowest BCUT2D eigenvalue weighted by Crippen LogP contribution is -1.97. The zero-order valence-corrected chi connectivity index (χ0v) is 16.3. The molecule has 2 heterocycles. The second-order valence-electron chi connectivity index (χ2n) is 5.12. The van der Waals surface area contributed by atoms with Crippen LogP contribution in [-0.4, -0.2) is 19.9 Å². The van der Waals surface area contributed by atoms with Gasteiger partial charge in [-0.05, 0) is 47.5 Å². The highest BCUT2D eigenvalue weighted by Crippen LogP contribution is 2.36. The van der Waals surface area contributed by atoms with Crippen molar-refractivity contribution in [2.75, 3.05) is 0 Å². The van der Waals surface area contributed by atoms with Gasteiger partial charge in [0.05, 0.1) is 0 Å². The molecule has 0 atom stereocenters. The Balaban J connectivity index is 1.84. The molecule has 0 bridgehead atoms. The SMILES string of the molecule is Clc1nc(Sc2ccccc2)c2nc(Cl)nc(Sc3ccccc3)c2n1. The molecule has 4 nitrogen and oxygen atoms in total. The summed E-state index contributed by atoms with van der Waals surface area (Å²) in [5, 5.41) is 1.59. The van der Waals surface area contributed by atoms with Crippen molar-refractivity contribution in [2.45, 2.75) is 19.8 Å². The van der Waals surface area contributed by atoms with Gasteiger partial charge in [-0.1, -0.05) is 59.9 Å². The highest BCUT2D eigenvalue weighted by molar-refractivity contribution is 7.99. The first-order valence-corrected chi connectivity index (χ1v) is 9.94. The number of nitrogens with zero attached hydrogens (tertiary/aromatic N) is 4. The molecule has 8 heteroatoms. The Hall–Kier alpha value is -1.86. The quantitative estimate of drug-likeness (QED) is 0.299. The van der Waals surface area contributed by atoms with Crippen molar-refractivity contribution in [3.05, 3.63) is 71.2 Å². The van der Waals surface area contributed by atoms with Gasteiger partial charge in [0.2, 0.25) is 10.6 Å². The van der Waals surface area contributed by atoms with E-state index in [-0.39, 0.29) is 10.6 Å². The predicted octanol–water partition coefficient (Wildman–Crippen LogP) is 6.03. The Morgan fingerprint density at radius 3 is 1.31 bits per heavy atom. The maximum Gasteiger partial charge on any atom is 0.224 e. The van der Waals surface area contributed by atoms with E-state index in [2.05, 4.69) is 19.9 Å². The minimum atomic E-state index is 0.150. The van der Waals surface area contributed by atoms with Gasteiger partial charge in [0.1, 0.15) is 21.1 Å². The van der Waals surface area contributed by atoms with Gasteiger partial charge in [-0.15, -0.1) is 0 Å². The molecule has 0 fully saturated rings. The zero-order chi connectivity index (χ0) is 17.9. The van der Waals surface area contributed by atoms with Gasteiger partial charge in [-0.3, -0.25) is 0 Å². The molecular formula is C18H10Cl2N4S2. The maximum absolute atomic E-state index is 6.17. The molecule has 0 amide bonds. The summed E-state index contributed by atoms with van der Waals surface area (Å²) in [6.45, 7) is 0. The summed E-state index contributed by atoms with van der Waals surface area (Å²) in [6.07, 6.45) is 0. The molecule has 2 aromatic heterocycles. The number of hydrogen-bond acceptors (Lipinski definition) is 6. The Morgan fingerprint density at radius 1 is 0.538 bits per heavy atom. The minimum Gasteiger partial charge on any atom is -0.213 e. The Labute approximate surface area is 168 Å². The first kappa shape index (κ1) is 17.5. The average Bonchev–Trinajstić information content (AvgIpc) is 2.64. The van der Waals surface area contributed by atoms with E-state index in [1.165, 1.54) is 23.5 Å². The van der Waals surface area contributed by atoms with E-state index in [4.69, 9.17) is 23.2 Å². The number of fused-ring (bicyclic) bond motifs is 1. The van der Waals surface area contributed by atoms with Crippen LogP contribution in [0.4, 0.5) is 0 Å². The molecule has 26 heavy (non-hydrogen) atoms. The van der Waals surface area contributed by atoms with E-state index in [1.807, 2.05) is 60.7 Å². The highest BCUT2D eigenvalue weighted by atomic mass is 35.5. The zero-order valence-electron chi connectivity index (χ0n) is 13.1. The van der Waals surface area contributed by atoms with Crippen LogP contribution in [0.3, 0.4) is 0 Å². The van der Waals surface area contributed by atoms with Crippen LogP contribution in [0, 0.1) is 0 Å². The second kappa shape index (κ2) is 7.80. The van der Waals surface area contributed by atoms with Crippen LogP contribution in [0.1, 0.15) is 0 Å². The van der Waals surface area contributed by atoms with Crippen LogP contribution in [0.2, 0.25) is 10.6 Å². The van der Waals surface area contributed by atoms with E-state index in [9.17, 15) is 0 Å². The second-order valence-corrected chi connectivity index (χ2v) is 7.92. The average molecular weight is 417 g/mol. The monoisotopic (exact) mass is 416 g/mol. The van der Waals surface area contributed by atoms with Gasteiger partial charge >= 0.3 is 0 Å². The van der Waals surface area contributed by atoms with Crippen LogP contribution in [-0.2, 0) is 0 Å². The van der Waals surface area contributed by atoms with Crippen LogP contribution in [0.25, 0.3) is 11.0 Å². The number of hydrogen-bond donors (Lipinski definition) is 0. The van der Waals surface area contributed by atoms with E-state index in [0.29, 0.717) is 21.1 Å². The molecule has 4 aromatic rings. The molecule has 0 unspecified atom stereocenters. The minimum absolute atomic E-state index is 0.150. The molecule has 0 aliphatic rings. The highest BCUT2D eigenvalue weighted by Gasteiger charge is 2.16. The van der Waals surface area contributed by atoms with Crippen molar-refractivity contribution < 1.29 is 0 Å². The summed E-state index contributed by atoms with van der Waals surface area (Å²) in [7, 11) is 0. The summed E-state index contributed by atoms with van der Waals surface area (Å²) in [4.78, 5) is 19.4. The maximum atomic E-state index is 6.17. The smallest absolute Gasteiger partial charge is 0.213 e. The van der Waals surface area contributed by atoms with Crippen LogP contribution in [0.15, 0.2) is 80.5 Å². The molecule has 2 aromatic carbocycles. The Morgan fingerprint density at radius 2 is 0.923 bits per heavy atom. The van der Waals surface area contributed by atoms with Gasteiger partial charge in [0.15, 0.2) is 0 Å². The summed E-state index contributed by atoms with van der Waals surface area (Å²) in [5.41, 5.74) is 1.17. The number of rotatable bonds is 4. The Bertz CT molecular complexity index is 976. The molecule has 0 saturated heterocycles. The van der Waals surface area contributed by atoms with Gasteiger partial charge in [-0.25, -0.2) is 19.9 Å². The van der Waals surface area contributed by atoms with Crippen molar-refractivity contribution in [3.8, 4) is 0 Å². The lowest BCUT2D eigenvalue weighted by atomic mass is 10.4. The van der Waals surface area contributed by atoms with E-state index in [0.717, 1.165) is 9.79 Å². The van der Waals surface area contributed by atoms with Crippen LogP contribution in [0.5, 0.6) is 0 Å². The number of benzene rings is 2. The standard InChI is InChI=1S/C18H10Cl2N4S2/c19-17-22-14-13(15(23-17)25-11-7-3-1-4-8-11)21-18(20)24-16(14)26-12-9-5-2-6-10-12/h1-10H. The van der Waals surface area contributed by atoms with Gasteiger partial charge in [0.25, 0.3) is 0 Å². The van der Waals surface area contributed by atoms with Crippen LogP contribution >= 0.6 is 46.7 Å². The lowest BCUT2D eigenvalue weighted by Gasteiger charge is -2.09. The lowest BCUT2D eigenvalue weighted by molar-refractivity contribution is 1.01. The van der Waals surface area contributed by atoms with Crippen molar-refractivity contribution in [2.24, 2.45) is 0 Å². The summed E-state index contributed by atoms with van der Waals surface area (Å²) < 4.78 is 0. The summed E-state index contributed by atoms with van der Waals surface area (Å²) in [6, 6.07) is 19.8. The first-order chi connectivity index (χ1) is 12.7. The molecule has 0 aliphatic carbocycles. The molecule has 0 radical (unpaired) electrons. The third-order valence-corrected chi connectivity index (χ3v) is 5.65. The van der Waals surface area contributed by atoms with Crippen molar-refractivity contribution in [1.29, 1.82) is 0 Å². The molecule has 0 N–H and O–H groups in total. The van der Waals surface area contributed by atoms with Crippen molar-refractivity contribution in [1.82, 2.24) is 19.9 Å². The van der Waals surface area contributed by atoms with Gasteiger partial charge < -0.3 is 0 Å². The van der Waals surface area contributed by atoms with Crippen molar-refractivity contribution >= 4 is 57.8 Å². The van der Waals surface area contributed by atoms with E-state index < -0.39 is 0 Å². The third-order valence-electron chi connectivity index (χ3n) is 3.34.